The number of aromatic hydroxyl groups is 1. The summed E-state index contributed by atoms with van der Waals surface area (Å²) < 4.78 is 0. The van der Waals surface area contributed by atoms with Gasteiger partial charge in [-0.15, -0.1) is 0 Å². The molecule has 0 aliphatic carbocycles. The van der Waals surface area contributed by atoms with Gasteiger partial charge in [-0.2, -0.15) is 0 Å². The van der Waals surface area contributed by atoms with Gasteiger partial charge in [0, 0.05) is 5.56 Å². The summed E-state index contributed by atoms with van der Waals surface area (Å²) in [6.45, 7) is 1.28. The van der Waals surface area contributed by atoms with Gasteiger partial charge in [-0.1, -0.05) is 0 Å². The van der Waals surface area contributed by atoms with Crippen molar-refractivity contribution in [2.45, 2.75) is 6.92 Å². The Morgan fingerprint density at radius 1 is 1.57 bits per heavy atom. The molecule has 0 radical (unpaired) electrons. The summed E-state index contributed by atoms with van der Waals surface area (Å²) in [5.74, 6) is -0.915. The number of nitrogens with two attached hydrogens (primary N) is 1. The van der Waals surface area contributed by atoms with E-state index in [2.05, 4.69) is 0 Å². The molecular formula is C8H8N2O4. The van der Waals surface area contributed by atoms with E-state index in [1.165, 1.54) is 13.0 Å². The molecule has 0 amide bonds. The fourth-order valence-electron chi connectivity index (χ4n) is 1.04. The molecule has 14 heavy (non-hydrogen) atoms. The van der Waals surface area contributed by atoms with Crippen LogP contribution in [0.2, 0.25) is 0 Å². The molecule has 74 valence electrons. The zero-order chi connectivity index (χ0) is 10.9. The van der Waals surface area contributed by atoms with Crippen LogP contribution in [0.4, 0.5) is 11.4 Å². The molecule has 0 aromatic heterocycles. The summed E-state index contributed by atoms with van der Waals surface area (Å²) in [6, 6.07) is 2.19. The van der Waals surface area contributed by atoms with Gasteiger partial charge in [0.1, 0.15) is 5.69 Å². The zero-order valence-corrected chi connectivity index (χ0v) is 7.35. The smallest absolute Gasteiger partial charge is 0.333 e. The second kappa shape index (κ2) is 3.33. The third-order valence-corrected chi connectivity index (χ3v) is 1.71. The van der Waals surface area contributed by atoms with Gasteiger partial charge in [0.2, 0.25) is 0 Å². The predicted octanol–water partition coefficient (Wildman–Crippen LogP) is 1.09. The van der Waals surface area contributed by atoms with E-state index < -0.39 is 16.4 Å². The van der Waals surface area contributed by atoms with Crippen LogP contribution in [0, 0.1) is 10.1 Å². The highest BCUT2D eigenvalue weighted by Gasteiger charge is 2.19. The zero-order valence-electron chi connectivity index (χ0n) is 7.35. The second-order valence-corrected chi connectivity index (χ2v) is 2.75. The van der Waals surface area contributed by atoms with Crippen molar-refractivity contribution in [3.8, 4) is 5.75 Å². The molecule has 0 spiro atoms. The monoisotopic (exact) mass is 196 g/mol. The molecular weight excluding hydrogens is 188 g/mol. The van der Waals surface area contributed by atoms with E-state index in [1.54, 1.807) is 0 Å². The minimum atomic E-state index is -0.797. The minimum absolute atomic E-state index is 0.144. The van der Waals surface area contributed by atoms with Crippen LogP contribution in [0.15, 0.2) is 12.1 Å². The quantitative estimate of drug-likeness (QED) is 0.318. The number of benzene rings is 1. The molecule has 0 aliphatic heterocycles. The molecule has 1 aromatic carbocycles. The Kier molecular flexibility index (Phi) is 2.37. The first-order valence-corrected chi connectivity index (χ1v) is 3.71. The Balaban J connectivity index is 3.39. The SMILES string of the molecule is CC(=O)c1cc(N)c([N+](=O)[O-])c(O)c1. The first kappa shape index (κ1) is 9.97. The minimum Gasteiger partial charge on any atom is -0.502 e. The first-order chi connectivity index (χ1) is 6.43. The van der Waals surface area contributed by atoms with Crippen molar-refractivity contribution in [2.24, 2.45) is 0 Å². The summed E-state index contributed by atoms with van der Waals surface area (Å²) in [7, 11) is 0. The molecule has 6 nitrogen and oxygen atoms in total. The van der Waals surface area contributed by atoms with Crippen molar-refractivity contribution in [3.05, 3.63) is 27.8 Å². The fourth-order valence-corrected chi connectivity index (χ4v) is 1.04. The van der Waals surface area contributed by atoms with Gasteiger partial charge >= 0.3 is 5.69 Å². The Bertz CT molecular complexity index is 391. The van der Waals surface area contributed by atoms with Crippen LogP contribution in [0.3, 0.4) is 0 Å². The van der Waals surface area contributed by atoms with E-state index in [0.29, 0.717) is 0 Å². The number of carbonyl (C=O) groups is 1. The molecule has 3 N–H and O–H groups in total. The van der Waals surface area contributed by atoms with Crippen LogP contribution in [0.1, 0.15) is 17.3 Å². The lowest BCUT2D eigenvalue weighted by molar-refractivity contribution is -0.384. The van der Waals surface area contributed by atoms with Crippen molar-refractivity contribution in [1.29, 1.82) is 0 Å². The van der Waals surface area contributed by atoms with E-state index >= 15 is 0 Å². The van der Waals surface area contributed by atoms with Gasteiger partial charge in [-0.05, 0) is 19.1 Å². The standard InChI is InChI=1S/C8H8N2O4/c1-4(11)5-2-6(9)8(10(13)14)7(12)3-5/h2-3,12H,9H2,1H3. The molecule has 6 heteroatoms. The van der Waals surface area contributed by atoms with E-state index in [0.717, 1.165) is 6.07 Å². The molecule has 1 aromatic rings. The maximum Gasteiger partial charge on any atom is 0.333 e. The molecule has 0 fully saturated rings. The summed E-state index contributed by atoms with van der Waals surface area (Å²) in [5.41, 5.74) is 4.66. The number of ketones is 1. The number of rotatable bonds is 2. The van der Waals surface area contributed by atoms with Gasteiger partial charge in [0.05, 0.1) is 4.92 Å². The predicted molar refractivity (Wildman–Crippen MR) is 49.2 cm³/mol. The number of nitrogen functional groups attached to an aromatic ring is 1. The van der Waals surface area contributed by atoms with Crippen LogP contribution >= 0.6 is 0 Å². The maximum atomic E-state index is 10.9. The molecule has 0 saturated carbocycles. The molecule has 1 rings (SSSR count). The summed E-state index contributed by atoms with van der Waals surface area (Å²) in [6.07, 6.45) is 0. The van der Waals surface area contributed by atoms with Crippen molar-refractivity contribution in [3.63, 3.8) is 0 Å². The lowest BCUT2D eigenvalue weighted by Crippen LogP contribution is -2.00. The largest absolute Gasteiger partial charge is 0.502 e. The molecule has 0 heterocycles. The highest BCUT2D eigenvalue weighted by atomic mass is 16.6. The number of carbonyl (C=O) groups excluding carboxylic acids is 1. The third kappa shape index (κ3) is 1.63. The summed E-state index contributed by atoms with van der Waals surface area (Å²) in [4.78, 5) is 20.5. The molecule has 0 saturated heterocycles. The number of hydrogen-bond acceptors (Lipinski definition) is 5. The number of phenolic OH excluding ortho intramolecular Hbond substituents is 1. The Morgan fingerprint density at radius 3 is 2.50 bits per heavy atom. The molecule has 0 bridgehead atoms. The van der Waals surface area contributed by atoms with Gasteiger partial charge in [0.15, 0.2) is 11.5 Å². The number of nitro groups is 1. The number of nitrogens with zero attached hydrogens (tertiary/aromatic N) is 1. The van der Waals surface area contributed by atoms with E-state index in [1.807, 2.05) is 0 Å². The van der Waals surface area contributed by atoms with Crippen LogP contribution in [-0.4, -0.2) is 15.8 Å². The van der Waals surface area contributed by atoms with Crippen LogP contribution in [0.25, 0.3) is 0 Å². The highest BCUT2D eigenvalue weighted by Crippen LogP contribution is 2.33. The van der Waals surface area contributed by atoms with Crippen molar-refractivity contribution < 1.29 is 14.8 Å². The third-order valence-electron chi connectivity index (χ3n) is 1.71. The Hall–Kier alpha value is -2.11. The van der Waals surface area contributed by atoms with Crippen molar-refractivity contribution in [1.82, 2.24) is 0 Å². The number of hydrogen-bond donors (Lipinski definition) is 2. The maximum absolute atomic E-state index is 10.9. The lowest BCUT2D eigenvalue weighted by atomic mass is 10.1. The van der Waals surface area contributed by atoms with Crippen molar-refractivity contribution in [2.75, 3.05) is 5.73 Å². The lowest BCUT2D eigenvalue weighted by Gasteiger charge is -2.02. The molecule has 0 aliphatic rings. The normalized spacial score (nSPS) is 9.79. The Morgan fingerprint density at radius 2 is 2.14 bits per heavy atom. The van der Waals surface area contributed by atoms with Gasteiger partial charge in [-0.25, -0.2) is 0 Å². The Labute approximate surface area is 79.1 Å². The molecule has 0 unspecified atom stereocenters. The first-order valence-electron chi connectivity index (χ1n) is 3.71. The van der Waals surface area contributed by atoms with Crippen molar-refractivity contribution >= 4 is 17.2 Å². The second-order valence-electron chi connectivity index (χ2n) is 2.75. The van der Waals surface area contributed by atoms with Gasteiger partial charge in [0.25, 0.3) is 0 Å². The average Bonchev–Trinajstić information content (AvgIpc) is 2.01. The number of anilines is 1. The van der Waals surface area contributed by atoms with Crippen LogP contribution < -0.4 is 5.73 Å². The topological polar surface area (TPSA) is 106 Å². The average molecular weight is 196 g/mol. The van der Waals surface area contributed by atoms with E-state index in [4.69, 9.17) is 5.73 Å². The van der Waals surface area contributed by atoms with Crippen LogP contribution in [0.5, 0.6) is 5.75 Å². The number of phenols is 1. The van der Waals surface area contributed by atoms with Gasteiger partial charge < -0.3 is 10.8 Å². The van der Waals surface area contributed by atoms with Crippen LogP contribution in [-0.2, 0) is 0 Å². The van der Waals surface area contributed by atoms with E-state index in [-0.39, 0.29) is 17.0 Å². The fraction of sp³-hybridized carbons (Fsp3) is 0.125. The summed E-state index contributed by atoms with van der Waals surface area (Å²) in [5, 5.41) is 19.6. The van der Waals surface area contributed by atoms with Gasteiger partial charge in [-0.3, -0.25) is 14.9 Å². The molecule has 0 atom stereocenters. The van der Waals surface area contributed by atoms with E-state index in [9.17, 15) is 20.0 Å². The highest BCUT2D eigenvalue weighted by molar-refractivity contribution is 5.96. The number of Topliss-reactive ketones (excluding diaryl/α,β-unsaturated/α-hetero) is 1. The number of nitro benzene ring substituents is 1. The summed E-state index contributed by atoms with van der Waals surface area (Å²) >= 11 is 0.